The van der Waals surface area contributed by atoms with Gasteiger partial charge in [-0.3, -0.25) is 9.59 Å². The van der Waals surface area contributed by atoms with Crippen molar-refractivity contribution < 1.29 is 19.4 Å². The highest BCUT2D eigenvalue weighted by molar-refractivity contribution is 5.78. The first-order valence-electron chi connectivity index (χ1n) is 7.47. The van der Waals surface area contributed by atoms with Crippen LogP contribution >= 0.6 is 0 Å². The van der Waals surface area contributed by atoms with Crippen LogP contribution in [0.25, 0.3) is 0 Å². The number of nitrogens with one attached hydrogen (secondary N) is 1. The minimum absolute atomic E-state index is 0.0308. The van der Waals surface area contributed by atoms with E-state index in [0.717, 1.165) is 38.5 Å². The maximum Gasteiger partial charge on any atom is 0.303 e. The molecule has 1 rings (SSSR count). The summed E-state index contributed by atoms with van der Waals surface area (Å²) in [6.07, 6.45) is 6.10. The van der Waals surface area contributed by atoms with Gasteiger partial charge in [0.05, 0.1) is 6.42 Å². The molecule has 1 unspecified atom stereocenters. The molecule has 20 heavy (non-hydrogen) atoms. The smallest absolute Gasteiger partial charge is 0.303 e. The molecule has 0 spiro atoms. The zero-order chi connectivity index (χ0) is 15.0. The minimum Gasteiger partial charge on any atom is -0.481 e. The molecule has 1 atom stereocenters. The molecular weight excluding hydrogens is 258 g/mol. The van der Waals surface area contributed by atoms with Gasteiger partial charge in [-0.15, -0.1) is 0 Å². The molecule has 0 radical (unpaired) electrons. The molecule has 1 aliphatic carbocycles. The van der Waals surface area contributed by atoms with Crippen LogP contribution in [0.15, 0.2) is 0 Å². The van der Waals surface area contributed by atoms with Crippen molar-refractivity contribution >= 4 is 11.9 Å². The number of carboxylic acid groups (broad SMARTS) is 1. The molecule has 116 valence electrons. The summed E-state index contributed by atoms with van der Waals surface area (Å²) < 4.78 is 4.99. The SMILES string of the molecule is COCCC(C)NC(=O)CC1(CC(=O)O)CCCCC1. The molecule has 0 aromatic rings. The first-order chi connectivity index (χ1) is 9.47. The molecule has 0 aromatic carbocycles. The van der Waals surface area contributed by atoms with Gasteiger partial charge in [-0.05, 0) is 31.6 Å². The third kappa shape index (κ3) is 5.90. The average molecular weight is 285 g/mol. The highest BCUT2D eigenvalue weighted by Crippen LogP contribution is 2.42. The van der Waals surface area contributed by atoms with Gasteiger partial charge in [0, 0.05) is 26.2 Å². The molecule has 0 bridgehead atoms. The van der Waals surface area contributed by atoms with Gasteiger partial charge in [0.1, 0.15) is 0 Å². The van der Waals surface area contributed by atoms with Crippen molar-refractivity contribution in [2.45, 2.75) is 64.3 Å². The number of amides is 1. The summed E-state index contributed by atoms with van der Waals surface area (Å²) >= 11 is 0. The number of ether oxygens (including phenoxy) is 1. The largest absolute Gasteiger partial charge is 0.481 e. The molecule has 0 saturated heterocycles. The van der Waals surface area contributed by atoms with E-state index in [1.165, 1.54) is 0 Å². The van der Waals surface area contributed by atoms with Crippen LogP contribution in [-0.4, -0.2) is 36.7 Å². The normalized spacial score (nSPS) is 19.3. The number of hydrogen-bond donors (Lipinski definition) is 2. The molecule has 1 saturated carbocycles. The number of methoxy groups -OCH3 is 1. The number of rotatable bonds is 8. The fraction of sp³-hybridized carbons (Fsp3) is 0.867. The summed E-state index contributed by atoms with van der Waals surface area (Å²) in [5, 5.41) is 12.0. The second kappa shape index (κ2) is 8.25. The fourth-order valence-electron chi connectivity index (χ4n) is 3.07. The second-order valence-corrected chi connectivity index (χ2v) is 6.06. The summed E-state index contributed by atoms with van der Waals surface area (Å²) in [5.41, 5.74) is -0.338. The number of hydrogen-bond acceptors (Lipinski definition) is 3. The summed E-state index contributed by atoms with van der Waals surface area (Å²) in [6.45, 7) is 2.56. The number of carboxylic acids is 1. The Labute approximate surface area is 121 Å². The Hall–Kier alpha value is -1.10. The third-order valence-electron chi connectivity index (χ3n) is 4.14. The molecule has 5 heteroatoms. The predicted molar refractivity (Wildman–Crippen MR) is 76.5 cm³/mol. The first-order valence-corrected chi connectivity index (χ1v) is 7.47. The van der Waals surface area contributed by atoms with E-state index < -0.39 is 5.97 Å². The van der Waals surface area contributed by atoms with E-state index in [2.05, 4.69) is 5.32 Å². The van der Waals surface area contributed by atoms with Crippen LogP contribution < -0.4 is 5.32 Å². The Bertz CT molecular complexity index is 324. The molecule has 1 aliphatic rings. The van der Waals surface area contributed by atoms with Gasteiger partial charge < -0.3 is 15.2 Å². The summed E-state index contributed by atoms with van der Waals surface area (Å²) in [4.78, 5) is 23.2. The van der Waals surface area contributed by atoms with Crippen molar-refractivity contribution in [2.75, 3.05) is 13.7 Å². The van der Waals surface area contributed by atoms with Crippen molar-refractivity contribution in [2.24, 2.45) is 5.41 Å². The Balaban J connectivity index is 2.51. The molecule has 0 aliphatic heterocycles. The van der Waals surface area contributed by atoms with Gasteiger partial charge in [-0.1, -0.05) is 19.3 Å². The van der Waals surface area contributed by atoms with Crippen molar-refractivity contribution in [1.82, 2.24) is 5.32 Å². The lowest BCUT2D eigenvalue weighted by molar-refractivity contribution is -0.141. The quantitative estimate of drug-likeness (QED) is 0.717. The van der Waals surface area contributed by atoms with E-state index >= 15 is 0 Å². The van der Waals surface area contributed by atoms with Crippen LogP contribution in [0.4, 0.5) is 0 Å². The Kier molecular flexibility index (Phi) is 6.99. The maximum absolute atomic E-state index is 12.1. The number of carbonyl (C=O) groups is 2. The minimum atomic E-state index is -0.799. The Morgan fingerprint density at radius 3 is 2.45 bits per heavy atom. The maximum atomic E-state index is 12.1. The van der Waals surface area contributed by atoms with Gasteiger partial charge in [0.15, 0.2) is 0 Å². The predicted octanol–water partition coefficient (Wildman–Crippen LogP) is 2.34. The third-order valence-corrected chi connectivity index (χ3v) is 4.14. The van der Waals surface area contributed by atoms with E-state index in [1.807, 2.05) is 6.92 Å². The molecular formula is C15H27NO4. The van der Waals surface area contributed by atoms with Crippen LogP contribution in [-0.2, 0) is 14.3 Å². The highest BCUT2D eigenvalue weighted by atomic mass is 16.5. The van der Waals surface area contributed by atoms with Crippen molar-refractivity contribution in [3.8, 4) is 0 Å². The number of carbonyl (C=O) groups excluding carboxylic acids is 1. The van der Waals surface area contributed by atoms with Gasteiger partial charge in [0.2, 0.25) is 5.91 Å². The van der Waals surface area contributed by atoms with Crippen LogP contribution in [0.3, 0.4) is 0 Å². The fourth-order valence-corrected chi connectivity index (χ4v) is 3.07. The summed E-state index contributed by atoms with van der Waals surface area (Å²) in [5.74, 6) is -0.830. The zero-order valence-corrected chi connectivity index (χ0v) is 12.6. The van der Waals surface area contributed by atoms with Crippen molar-refractivity contribution in [3.05, 3.63) is 0 Å². The molecule has 0 aromatic heterocycles. The lowest BCUT2D eigenvalue weighted by Gasteiger charge is -2.35. The van der Waals surface area contributed by atoms with Crippen LogP contribution in [0.2, 0.25) is 0 Å². The first kappa shape index (κ1) is 17.0. The van der Waals surface area contributed by atoms with Crippen molar-refractivity contribution in [1.29, 1.82) is 0 Å². The number of aliphatic carboxylic acids is 1. The molecule has 2 N–H and O–H groups in total. The standard InChI is InChI=1S/C15H27NO4/c1-12(6-9-20-2)16-13(17)10-15(11-14(18)19)7-4-3-5-8-15/h12H,3-11H2,1-2H3,(H,16,17)(H,18,19). The monoisotopic (exact) mass is 285 g/mol. The van der Waals surface area contributed by atoms with Gasteiger partial charge >= 0.3 is 5.97 Å². The van der Waals surface area contributed by atoms with E-state index in [-0.39, 0.29) is 23.8 Å². The van der Waals surface area contributed by atoms with Gasteiger partial charge in [0.25, 0.3) is 0 Å². The van der Waals surface area contributed by atoms with Crippen LogP contribution in [0, 0.1) is 5.41 Å². The summed E-state index contributed by atoms with van der Waals surface area (Å²) in [6, 6.07) is 0.0629. The highest BCUT2D eigenvalue weighted by Gasteiger charge is 2.36. The van der Waals surface area contributed by atoms with Gasteiger partial charge in [-0.2, -0.15) is 0 Å². The molecule has 0 heterocycles. The van der Waals surface area contributed by atoms with E-state index in [4.69, 9.17) is 9.84 Å². The Morgan fingerprint density at radius 1 is 1.25 bits per heavy atom. The van der Waals surface area contributed by atoms with E-state index in [0.29, 0.717) is 13.0 Å². The van der Waals surface area contributed by atoms with Crippen LogP contribution in [0.5, 0.6) is 0 Å². The zero-order valence-electron chi connectivity index (χ0n) is 12.6. The van der Waals surface area contributed by atoms with E-state index in [1.54, 1.807) is 7.11 Å². The average Bonchev–Trinajstić information content (AvgIpc) is 2.35. The second-order valence-electron chi connectivity index (χ2n) is 6.06. The summed E-state index contributed by atoms with van der Waals surface area (Å²) in [7, 11) is 1.64. The molecule has 1 fully saturated rings. The molecule has 5 nitrogen and oxygen atoms in total. The van der Waals surface area contributed by atoms with Crippen LogP contribution in [0.1, 0.15) is 58.3 Å². The van der Waals surface area contributed by atoms with Crippen molar-refractivity contribution in [3.63, 3.8) is 0 Å². The lowest BCUT2D eigenvalue weighted by atomic mass is 9.69. The van der Waals surface area contributed by atoms with E-state index in [9.17, 15) is 9.59 Å². The van der Waals surface area contributed by atoms with Gasteiger partial charge in [-0.25, -0.2) is 0 Å². The Morgan fingerprint density at radius 2 is 1.90 bits per heavy atom. The molecule has 1 amide bonds. The lowest BCUT2D eigenvalue weighted by Crippen LogP contribution is -2.39. The topological polar surface area (TPSA) is 75.6 Å².